The predicted molar refractivity (Wildman–Crippen MR) is 130 cm³/mol. The maximum absolute atomic E-state index is 12.9. The molecule has 0 atom stereocenters. The van der Waals surface area contributed by atoms with Gasteiger partial charge in [-0.05, 0) is 55.3 Å². The monoisotopic (exact) mass is 490 g/mol. The number of nitrogens with zero attached hydrogens (tertiary/aromatic N) is 1. The first-order chi connectivity index (χ1) is 17.4. The van der Waals surface area contributed by atoms with Crippen molar-refractivity contribution in [3.8, 4) is 11.5 Å². The molecular weight excluding hydrogens is 464 g/mol. The van der Waals surface area contributed by atoms with Gasteiger partial charge in [-0.3, -0.25) is 9.69 Å². The number of imide groups is 1. The lowest BCUT2D eigenvalue weighted by atomic mass is 10.1. The zero-order chi connectivity index (χ0) is 25.7. The highest BCUT2D eigenvalue weighted by Crippen LogP contribution is 2.30. The average Bonchev–Trinajstić information content (AvgIpc) is 3.44. The van der Waals surface area contributed by atoms with Crippen LogP contribution in [0.15, 0.2) is 64.7 Å². The molecule has 1 fully saturated rings. The van der Waals surface area contributed by atoms with Crippen LogP contribution in [0.1, 0.15) is 39.9 Å². The maximum Gasteiger partial charge on any atom is 0.373 e. The van der Waals surface area contributed by atoms with E-state index in [9.17, 15) is 14.4 Å². The summed E-state index contributed by atoms with van der Waals surface area (Å²) in [5, 5.41) is 2.57. The van der Waals surface area contributed by atoms with E-state index in [0.29, 0.717) is 30.3 Å². The van der Waals surface area contributed by atoms with Gasteiger partial charge in [0, 0.05) is 0 Å². The minimum atomic E-state index is -0.643. The number of urea groups is 1. The van der Waals surface area contributed by atoms with E-state index in [4.69, 9.17) is 13.9 Å². The number of amides is 3. The molecule has 1 aliphatic heterocycles. The second-order valence-corrected chi connectivity index (χ2v) is 8.05. The Morgan fingerprint density at radius 1 is 1.06 bits per heavy atom. The molecule has 2 aromatic carbocycles. The third kappa shape index (κ3) is 5.57. The molecule has 2 heterocycles. The lowest BCUT2D eigenvalue weighted by Gasteiger charge is -2.13. The number of benzene rings is 2. The fraction of sp³-hybridized carbons (Fsp3) is 0.222. The van der Waals surface area contributed by atoms with Gasteiger partial charge in [0.1, 0.15) is 18.1 Å². The Hall–Kier alpha value is -4.53. The van der Waals surface area contributed by atoms with Gasteiger partial charge in [0.05, 0.1) is 20.3 Å². The second kappa shape index (κ2) is 10.8. The smallest absolute Gasteiger partial charge is 0.373 e. The van der Waals surface area contributed by atoms with Crippen molar-refractivity contribution in [1.29, 1.82) is 0 Å². The highest BCUT2D eigenvalue weighted by Gasteiger charge is 2.34. The molecule has 3 aromatic rings. The van der Waals surface area contributed by atoms with Crippen LogP contribution in [0.2, 0.25) is 0 Å². The number of methoxy groups -OCH3 is 1. The van der Waals surface area contributed by atoms with E-state index in [0.717, 1.165) is 16.0 Å². The van der Waals surface area contributed by atoms with E-state index in [2.05, 4.69) is 16.1 Å². The number of furan rings is 1. The molecule has 186 valence electrons. The van der Waals surface area contributed by atoms with Crippen LogP contribution in [0.25, 0.3) is 6.08 Å². The minimum absolute atomic E-state index is 0.0107. The number of ether oxygens (including phenoxy) is 3. The largest absolute Gasteiger partial charge is 0.490 e. The van der Waals surface area contributed by atoms with Gasteiger partial charge in [-0.15, -0.1) is 0 Å². The van der Waals surface area contributed by atoms with Gasteiger partial charge in [-0.1, -0.05) is 35.9 Å². The molecule has 1 N–H and O–H groups in total. The summed E-state index contributed by atoms with van der Waals surface area (Å²) in [4.78, 5) is 37.9. The van der Waals surface area contributed by atoms with Gasteiger partial charge in [-0.25, -0.2) is 9.59 Å². The summed E-state index contributed by atoms with van der Waals surface area (Å²) in [7, 11) is 1.23. The maximum atomic E-state index is 12.9. The number of carbonyl (C=O) groups excluding carboxylic acids is 3. The second-order valence-electron chi connectivity index (χ2n) is 8.05. The lowest BCUT2D eigenvalue weighted by Crippen LogP contribution is -2.30. The molecule has 0 bridgehead atoms. The number of esters is 1. The highest BCUT2D eigenvalue weighted by atomic mass is 16.5. The molecule has 4 rings (SSSR count). The van der Waals surface area contributed by atoms with Gasteiger partial charge in [-0.2, -0.15) is 0 Å². The molecular formula is C27H26N2O7. The summed E-state index contributed by atoms with van der Waals surface area (Å²) in [6, 6.07) is 15.7. The van der Waals surface area contributed by atoms with Crippen LogP contribution in [-0.4, -0.2) is 36.5 Å². The fourth-order valence-electron chi connectivity index (χ4n) is 3.68. The van der Waals surface area contributed by atoms with E-state index in [-0.39, 0.29) is 23.8 Å². The average molecular weight is 491 g/mol. The van der Waals surface area contributed by atoms with Gasteiger partial charge in [0.2, 0.25) is 5.76 Å². The van der Waals surface area contributed by atoms with Gasteiger partial charge >= 0.3 is 12.0 Å². The van der Waals surface area contributed by atoms with E-state index in [1.807, 2.05) is 32.0 Å². The molecule has 9 nitrogen and oxygen atoms in total. The van der Waals surface area contributed by atoms with Crippen molar-refractivity contribution in [2.24, 2.45) is 0 Å². The Balaban J connectivity index is 1.48. The first-order valence-corrected chi connectivity index (χ1v) is 11.3. The Morgan fingerprint density at radius 2 is 1.89 bits per heavy atom. The van der Waals surface area contributed by atoms with E-state index >= 15 is 0 Å². The molecule has 0 saturated carbocycles. The first-order valence-electron chi connectivity index (χ1n) is 11.3. The molecule has 0 spiro atoms. The fourth-order valence-corrected chi connectivity index (χ4v) is 3.68. The van der Waals surface area contributed by atoms with Gasteiger partial charge in [0.25, 0.3) is 5.91 Å². The van der Waals surface area contributed by atoms with Crippen LogP contribution in [0, 0.1) is 6.92 Å². The molecule has 1 aromatic heterocycles. The lowest BCUT2D eigenvalue weighted by molar-refractivity contribution is -0.123. The molecule has 3 amide bonds. The third-order valence-electron chi connectivity index (χ3n) is 5.38. The standard InChI is InChI=1S/C27H26N2O7/c1-4-34-24-14-18(8-10-22(24)35-16-19-7-5-6-17(2)12-19)13-21-25(30)29(27(32)28-21)15-20-9-11-23(36-20)26(31)33-3/h5-14H,4,15-16H2,1-3H3,(H,28,32). The molecule has 9 heteroatoms. The summed E-state index contributed by atoms with van der Waals surface area (Å²) in [6.07, 6.45) is 1.56. The third-order valence-corrected chi connectivity index (χ3v) is 5.38. The number of nitrogens with one attached hydrogen (secondary N) is 1. The predicted octanol–water partition coefficient (Wildman–Crippen LogP) is 4.45. The van der Waals surface area contributed by atoms with Crippen molar-refractivity contribution >= 4 is 24.0 Å². The van der Waals surface area contributed by atoms with Crippen molar-refractivity contribution in [2.45, 2.75) is 27.0 Å². The van der Waals surface area contributed by atoms with Crippen LogP contribution in [-0.2, 0) is 22.7 Å². The minimum Gasteiger partial charge on any atom is -0.490 e. The number of carbonyl (C=O) groups is 3. The van der Waals surface area contributed by atoms with Crippen molar-refractivity contribution < 1.29 is 33.0 Å². The Bertz CT molecular complexity index is 1330. The van der Waals surface area contributed by atoms with Crippen LogP contribution in [0.3, 0.4) is 0 Å². The normalized spacial score (nSPS) is 14.2. The summed E-state index contributed by atoms with van der Waals surface area (Å²) >= 11 is 0. The van der Waals surface area contributed by atoms with Crippen molar-refractivity contribution in [1.82, 2.24) is 10.2 Å². The van der Waals surface area contributed by atoms with Crippen molar-refractivity contribution in [2.75, 3.05) is 13.7 Å². The topological polar surface area (TPSA) is 107 Å². The van der Waals surface area contributed by atoms with Gasteiger partial charge in [0.15, 0.2) is 11.5 Å². The summed E-state index contributed by atoms with van der Waals surface area (Å²) < 4.78 is 21.7. The molecule has 0 radical (unpaired) electrons. The zero-order valence-corrected chi connectivity index (χ0v) is 20.2. The van der Waals surface area contributed by atoms with Crippen LogP contribution < -0.4 is 14.8 Å². The van der Waals surface area contributed by atoms with Crippen molar-refractivity contribution in [3.63, 3.8) is 0 Å². The first kappa shape index (κ1) is 24.6. The number of hydrogen-bond donors (Lipinski definition) is 1. The van der Waals surface area contributed by atoms with E-state index in [1.54, 1.807) is 24.3 Å². The molecule has 0 unspecified atom stereocenters. The number of hydrogen-bond acceptors (Lipinski definition) is 7. The quantitative estimate of drug-likeness (QED) is 0.268. The van der Waals surface area contributed by atoms with E-state index in [1.165, 1.54) is 19.2 Å². The Kier molecular flexibility index (Phi) is 7.39. The molecule has 36 heavy (non-hydrogen) atoms. The van der Waals surface area contributed by atoms with Crippen LogP contribution in [0.5, 0.6) is 11.5 Å². The Morgan fingerprint density at radius 3 is 2.64 bits per heavy atom. The molecule has 1 aliphatic rings. The summed E-state index contributed by atoms with van der Waals surface area (Å²) in [5.41, 5.74) is 2.95. The number of aryl methyl sites for hydroxylation is 1. The SMILES string of the molecule is CCOc1cc(C=C2NC(=O)N(Cc3ccc(C(=O)OC)o3)C2=O)ccc1OCc1cccc(C)c1. The summed E-state index contributed by atoms with van der Waals surface area (Å²) in [5.74, 6) is 0.198. The molecule has 0 aliphatic carbocycles. The zero-order valence-electron chi connectivity index (χ0n) is 20.2. The molecule has 1 saturated heterocycles. The Labute approximate surface area is 208 Å². The summed E-state index contributed by atoms with van der Waals surface area (Å²) in [6.45, 7) is 4.58. The van der Waals surface area contributed by atoms with Gasteiger partial charge < -0.3 is 23.9 Å². The number of rotatable bonds is 9. The van der Waals surface area contributed by atoms with E-state index < -0.39 is 17.9 Å². The highest BCUT2D eigenvalue weighted by molar-refractivity contribution is 6.13. The van der Waals surface area contributed by atoms with Crippen molar-refractivity contribution in [3.05, 3.63) is 88.5 Å². The van der Waals surface area contributed by atoms with Crippen LogP contribution >= 0.6 is 0 Å². The van der Waals surface area contributed by atoms with Crippen LogP contribution in [0.4, 0.5) is 4.79 Å².